The molecule has 0 saturated carbocycles. The number of rotatable bonds is 2. The van der Waals surface area contributed by atoms with E-state index in [2.05, 4.69) is 5.32 Å². The zero-order valence-corrected chi connectivity index (χ0v) is 9.56. The second-order valence-electron chi connectivity index (χ2n) is 4.07. The number of carbonyl (C=O) groups is 1. The Morgan fingerprint density at radius 3 is 3.00 bits per heavy atom. The maximum atomic E-state index is 12.8. The number of piperidine rings is 1. The van der Waals surface area contributed by atoms with E-state index in [4.69, 9.17) is 11.6 Å². The van der Waals surface area contributed by atoms with Gasteiger partial charge in [-0.1, -0.05) is 17.7 Å². The molecule has 1 saturated heterocycles. The molecule has 1 aliphatic heterocycles. The van der Waals surface area contributed by atoms with Crippen LogP contribution in [0.15, 0.2) is 18.2 Å². The van der Waals surface area contributed by atoms with Crippen LogP contribution in [0.25, 0.3) is 0 Å². The Balaban J connectivity index is 2.10. The fourth-order valence-corrected chi connectivity index (χ4v) is 2.23. The maximum absolute atomic E-state index is 12.8. The molecule has 0 radical (unpaired) electrons. The summed E-state index contributed by atoms with van der Waals surface area (Å²) in [6.45, 7) is 0.756. The molecule has 2 nitrogen and oxygen atoms in total. The molecule has 16 heavy (non-hydrogen) atoms. The predicted octanol–water partition coefficient (Wildman–Crippen LogP) is 2.55. The van der Waals surface area contributed by atoms with Crippen molar-refractivity contribution in [3.8, 4) is 0 Å². The largest absolute Gasteiger partial charge is 0.356 e. The third-order valence-electron chi connectivity index (χ3n) is 2.88. The summed E-state index contributed by atoms with van der Waals surface area (Å²) in [5.41, 5.74) is 0.838. The average molecular weight is 242 g/mol. The molecule has 86 valence electrons. The van der Waals surface area contributed by atoms with Crippen LogP contribution in [0, 0.1) is 11.7 Å². The second kappa shape index (κ2) is 4.83. The van der Waals surface area contributed by atoms with Crippen molar-refractivity contribution in [2.45, 2.75) is 19.3 Å². The van der Waals surface area contributed by atoms with Gasteiger partial charge in [-0.2, -0.15) is 0 Å². The van der Waals surface area contributed by atoms with Crippen molar-refractivity contribution in [2.24, 2.45) is 5.92 Å². The van der Waals surface area contributed by atoms with Gasteiger partial charge in [0.05, 0.1) is 0 Å². The van der Waals surface area contributed by atoms with Crippen LogP contribution in [0.4, 0.5) is 4.39 Å². The van der Waals surface area contributed by atoms with E-state index in [1.54, 1.807) is 6.07 Å². The van der Waals surface area contributed by atoms with E-state index in [9.17, 15) is 9.18 Å². The molecule has 0 spiro atoms. The van der Waals surface area contributed by atoms with Crippen LogP contribution in [0.5, 0.6) is 0 Å². The third kappa shape index (κ3) is 2.53. The van der Waals surface area contributed by atoms with Gasteiger partial charge in [-0.3, -0.25) is 4.79 Å². The molecule has 1 amide bonds. The second-order valence-corrected chi connectivity index (χ2v) is 4.48. The summed E-state index contributed by atoms with van der Waals surface area (Å²) in [5.74, 6) is -0.301. The lowest BCUT2D eigenvalue weighted by Gasteiger charge is -2.22. The zero-order chi connectivity index (χ0) is 11.5. The standard InChI is InChI=1S/C12H13ClFNO/c13-11-7-10(14)4-3-8(11)6-9-2-1-5-15-12(9)16/h3-4,7,9H,1-2,5-6H2,(H,15,16). The molecule has 1 aliphatic rings. The first-order chi connectivity index (χ1) is 7.66. The van der Waals surface area contributed by atoms with E-state index in [-0.39, 0.29) is 17.6 Å². The topological polar surface area (TPSA) is 29.1 Å². The summed E-state index contributed by atoms with van der Waals surface area (Å²) in [7, 11) is 0. The van der Waals surface area contributed by atoms with Gasteiger partial charge in [-0.15, -0.1) is 0 Å². The van der Waals surface area contributed by atoms with Crippen molar-refractivity contribution in [1.82, 2.24) is 5.32 Å². The molecule has 4 heteroatoms. The average Bonchev–Trinajstić information content (AvgIpc) is 2.25. The molecule has 1 fully saturated rings. The minimum absolute atomic E-state index is 0.0308. The molecule has 2 rings (SSSR count). The van der Waals surface area contributed by atoms with Gasteiger partial charge in [-0.05, 0) is 37.0 Å². The molecule has 1 unspecified atom stereocenters. The normalized spacial score (nSPS) is 20.6. The summed E-state index contributed by atoms with van der Waals surface area (Å²) in [6.07, 6.45) is 2.46. The van der Waals surface area contributed by atoms with Gasteiger partial charge in [0.1, 0.15) is 5.82 Å². The van der Waals surface area contributed by atoms with Crippen LogP contribution < -0.4 is 5.32 Å². The van der Waals surface area contributed by atoms with Crippen molar-refractivity contribution >= 4 is 17.5 Å². The molecule has 0 aromatic heterocycles. The zero-order valence-electron chi connectivity index (χ0n) is 8.80. The maximum Gasteiger partial charge on any atom is 0.223 e. The number of halogens is 2. The van der Waals surface area contributed by atoms with Crippen molar-refractivity contribution in [1.29, 1.82) is 0 Å². The van der Waals surface area contributed by atoms with Crippen LogP contribution in [-0.4, -0.2) is 12.5 Å². The van der Waals surface area contributed by atoms with E-state index in [0.29, 0.717) is 11.4 Å². The highest BCUT2D eigenvalue weighted by molar-refractivity contribution is 6.31. The Kier molecular flexibility index (Phi) is 3.44. The van der Waals surface area contributed by atoms with E-state index in [1.807, 2.05) is 0 Å². The number of amides is 1. The van der Waals surface area contributed by atoms with Crippen LogP contribution in [0.3, 0.4) is 0 Å². The SMILES string of the molecule is O=C1NCCCC1Cc1ccc(F)cc1Cl. The molecule has 0 bridgehead atoms. The number of hydrogen-bond acceptors (Lipinski definition) is 1. The summed E-state index contributed by atoms with van der Waals surface area (Å²) >= 11 is 5.92. The summed E-state index contributed by atoms with van der Waals surface area (Å²) < 4.78 is 12.8. The fourth-order valence-electron chi connectivity index (χ4n) is 1.98. The minimum Gasteiger partial charge on any atom is -0.356 e. The number of carbonyl (C=O) groups excluding carboxylic acids is 1. The van der Waals surface area contributed by atoms with E-state index >= 15 is 0 Å². The van der Waals surface area contributed by atoms with Crippen LogP contribution in [0.2, 0.25) is 5.02 Å². The van der Waals surface area contributed by atoms with Gasteiger partial charge in [0.15, 0.2) is 0 Å². The third-order valence-corrected chi connectivity index (χ3v) is 3.23. The molecule has 1 aromatic rings. The molecular formula is C12H13ClFNO. The minimum atomic E-state index is -0.346. The monoisotopic (exact) mass is 241 g/mol. The van der Waals surface area contributed by atoms with Gasteiger partial charge in [0.25, 0.3) is 0 Å². The first-order valence-electron chi connectivity index (χ1n) is 5.38. The Morgan fingerprint density at radius 1 is 1.50 bits per heavy atom. The Morgan fingerprint density at radius 2 is 2.31 bits per heavy atom. The van der Waals surface area contributed by atoms with Gasteiger partial charge in [-0.25, -0.2) is 4.39 Å². The van der Waals surface area contributed by atoms with Crippen molar-refractivity contribution < 1.29 is 9.18 Å². The Bertz CT molecular complexity index is 408. The molecule has 1 N–H and O–H groups in total. The lowest BCUT2D eigenvalue weighted by atomic mass is 9.91. The Labute approximate surface area is 98.8 Å². The van der Waals surface area contributed by atoms with Gasteiger partial charge in [0.2, 0.25) is 5.91 Å². The summed E-state index contributed by atoms with van der Waals surface area (Å²) in [4.78, 5) is 11.5. The highest BCUT2D eigenvalue weighted by Gasteiger charge is 2.22. The van der Waals surface area contributed by atoms with Crippen molar-refractivity contribution in [3.05, 3.63) is 34.6 Å². The lowest BCUT2D eigenvalue weighted by Crippen LogP contribution is -2.37. The quantitative estimate of drug-likeness (QED) is 0.847. The lowest BCUT2D eigenvalue weighted by molar-refractivity contribution is -0.126. The van der Waals surface area contributed by atoms with Crippen molar-refractivity contribution in [3.63, 3.8) is 0 Å². The number of hydrogen-bond donors (Lipinski definition) is 1. The molecular weight excluding hydrogens is 229 g/mol. The van der Waals surface area contributed by atoms with Crippen LogP contribution in [-0.2, 0) is 11.2 Å². The first kappa shape index (κ1) is 11.4. The predicted molar refractivity (Wildman–Crippen MR) is 60.8 cm³/mol. The smallest absolute Gasteiger partial charge is 0.223 e. The van der Waals surface area contributed by atoms with Crippen LogP contribution in [0.1, 0.15) is 18.4 Å². The summed E-state index contributed by atoms with van der Waals surface area (Å²) in [5, 5.41) is 3.23. The van der Waals surface area contributed by atoms with E-state index < -0.39 is 0 Å². The van der Waals surface area contributed by atoms with Gasteiger partial charge < -0.3 is 5.32 Å². The highest BCUT2D eigenvalue weighted by Crippen LogP contribution is 2.23. The van der Waals surface area contributed by atoms with E-state index in [1.165, 1.54) is 12.1 Å². The molecule has 1 aromatic carbocycles. The van der Waals surface area contributed by atoms with E-state index in [0.717, 1.165) is 24.9 Å². The fraction of sp³-hybridized carbons (Fsp3) is 0.417. The van der Waals surface area contributed by atoms with Crippen LogP contribution >= 0.6 is 11.6 Å². The van der Waals surface area contributed by atoms with Crippen molar-refractivity contribution in [2.75, 3.05) is 6.54 Å². The molecule has 1 atom stereocenters. The number of benzene rings is 1. The summed E-state index contributed by atoms with van der Waals surface area (Å²) in [6, 6.07) is 4.32. The first-order valence-corrected chi connectivity index (χ1v) is 5.76. The number of nitrogens with one attached hydrogen (secondary N) is 1. The Hall–Kier alpha value is -1.09. The highest BCUT2D eigenvalue weighted by atomic mass is 35.5. The molecule has 0 aliphatic carbocycles. The van der Waals surface area contributed by atoms with Gasteiger partial charge >= 0.3 is 0 Å². The molecule has 1 heterocycles. The van der Waals surface area contributed by atoms with Gasteiger partial charge in [0, 0.05) is 17.5 Å².